The van der Waals surface area contributed by atoms with Gasteiger partial charge in [-0.25, -0.2) is 8.42 Å². The van der Waals surface area contributed by atoms with E-state index in [0.717, 1.165) is 28.8 Å². The van der Waals surface area contributed by atoms with E-state index in [1.165, 1.54) is 23.6 Å². The van der Waals surface area contributed by atoms with Crippen molar-refractivity contribution < 1.29 is 17.9 Å². The number of nitrogens with zero attached hydrogens (tertiary/aromatic N) is 1. The lowest BCUT2D eigenvalue weighted by molar-refractivity contribution is -0.116. The molecule has 1 amide bonds. The number of rotatable bonds is 6. The monoisotopic (exact) mass is 424 g/mol. The van der Waals surface area contributed by atoms with Crippen LogP contribution in [0, 0.1) is 0 Å². The molecular weight excluding hydrogens is 400 g/mol. The van der Waals surface area contributed by atoms with Crippen molar-refractivity contribution in [3.8, 4) is 5.75 Å². The predicted molar refractivity (Wildman–Crippen MR) is 120 cm³/mol. The van der Waals surface area contributed by atoms with Crippen LogP contribution in [-0.2, 0) is 27.7 Å². The number of sulfonamides is 1. The molecule has 30 heavy (non-hydrogen) atoms. The number of anilines is 2. The summed E-state index contributed by atoms with van der Waals surface area (Å²) in [5, 5.41) is 5.12. The van der Waals surface area contributed by atoms with Crippen molar-refractivity contribution in [2.24, 2.45) is 0 Å². The van der Waals surface area contributed by atoms with Crippen LogP contribution in [0.15, 0.2) is 54.6 Å². The lowest BCUT2D eigenvalue weighted by Gasteiger charge is -2.28. The number of aryl methyl sites for hydroxylation is 2. The molecule has 156 valence electrons. The standard InChI is InChI=1S/C23H24N2O4S/c1-15(25(30(3,27)28)18-10-12-19(29-2)13-11-18)23(26)24-21-14-9-17-8-7-16-5-4-6-20(21)22(16)17/h4-6,9-15H,7-8H2,1-3H3,(H,24,26). The average Bonchev–Trinajstić information content (AvgIpc) is 3.14. The first-order valence-corrected chi connectivity index (χ1v) is 11.6. The molecule has 1 aliphatic rings. The second-order valence-corrected chi connectivity index (χ2v) is 9.39. The zero-order chi connectivity index (χ0) is 21.5. The van der Waals surface area contributed by atoms with E-state index in [9.17, 15) is 13.2 Å². The summed E-state index contributed by atoms with van der Waals surface area (Å²) in [5.41, 5.74) is 3.66. The van der Waals surface area contributed by atoms with Gasteiger partial charge in [-0.3, -0.25) is 9.10 Å². The topological polar surface area (TPSA) is 75.7 Å². The third-order valence-corrected chi connectivity index (χ3v) is 6.79. The second kappa shape index (κ2) is 7.65. The van der Waals surface area contributed by atoms with E-state index < -0.39 is 22.0 Å². The number of benzene rings is 3. The number of ether oxygens (including phenoxy) is 1. The van der Waals surface area contributed by atoms with Gasteiger partial charge in [-0.15, -0.1) is 0 Å². The molecule has 4 rings (SSSR count). The molecule has 6 nitrogen and oxygen atoms in total. The summed E-state index contributed by atoms with van der Waals surface area (Å²) in [4.78, 5) is 13.1. The van der Waals surface area contributed by atoms with Gasteiger partial charge in [0.05, 0.1) is 19.1 Å². The second-order valence-electron chi connectivity index (χ2n) is 7.53. The number of hydrogen-bond acceptors (Lipinski definition) is 4. The van der Waals surface area contributed by atoms with E-state index in [2.05, 4.69) is 11.4 Å². The molecule has 0 saturated carbocycles. The summed E-state index contributed by atoms with van der Waals surface area (Å²) in [7, 11) is -2.15. The maximum atomic E-state index is 13.1. The summed E-state index contributed by atoms with van der Waals surface area (Å²) < 4.78 is 31.3. The summed E-state index contributed by atoms with van der Waals surface area (Å²) in [6.07, 6.45) is 3.10. The number of carbonyl (C=O) groups excluding carboxylic acids is 1. The van der Waals surface area contributed by atoms with Gasteiger partial charge >= 0.3 is 0 Å². The van der Waals surface area contributed by atoms with Crippen LogP contribution in [0.2, 0.25) is 0 Å². The molecule has 3 aromatic rings. The third-order valence-electron chi connectivity index (χ3n) is 5.55. The van der Waals surface area contributed by atoms with Gasteiger partial charge in [0, 0.05) is 11.1 Å². The summed E-state index contributed by atoms with van der Waals surface area (Å²) >= 11 is 0. The van der Waals surface area contributed by atoms with E-state index in [-0.39, 0.29) is 0 Å². The largest absolute Gasteiger partial charge is 0.497 e. The molecule has 7 heteroatoms. The summed E-state index contributed by atoms with van der Waals surface area (Å²) in [6.45, 7) is 1.58. The molecule has 0 spiro atoms. The van der Waals surface area contributed by atoms with E-state index in [0.29, 0.717) is 17.1 Å². The quantitative estimate of drug-likeness (QED) is 0.654. The molecule has 1 N–H and O–H groups in total. The fourth-order valence-corrected chi connectivity index (χ4v) is 5.31. The lowest BCUT2D eigenvalue weighted by atomic mass is 10.0. The van der Waals surface area contributed by atoms with Crippen molar-refractivity contribution in [3.63, 3.8) is 0 Å². The average molecular weight is 425 g/mol. The molecular formula is C23H24N2O4S. The Morgan fingerprint density at radius 1 is 1.03 bits per heavy atom. The van der Waals surface area contributed by atoms with Crippen LogP contribution in [-0.4, -0.2) is 33.7 Å². The fourth-order valence-electron chi connectivity index (χ4n) is 4.13. The van der Waals surface area contributed by atoms with E-state index in [1.54, 1.807) is 31.2 Å². The van der Waals surface area contributed by atoms with Gasteiger partial charge in [-0.2, -0.15) is 0 Å². The van der Waals surface area contributed by atoms with E-state index >= 15 is 0 Å². The Balaban J connectivity index is 1.66. The SMILES string of the molecule is COc1ccc(N(C(C)C(=O)Nc2ccc3c4c(cccc24)CC3)S(C)(=O)=O)cc1. The maximum absolute atomic E-state index is 13.1. The van der Waals surface area contributed by atoms with Gasteiger partial charge in [0.15, 0.2) is 0 Å². The number of carbonyl (C=O) groups is 1. The van der Waals surface area contributed by atoms with Crippen LogP contribution in [0.4, 0.5) is 11.4 Å². The molecule has 0 aliphatic heterocycles. The number of hydrogen-bond donors (Lipinski definition) is 1. The fraction of sp³-hybridized carbons (Fsp3) is 0.261. The summed E-state index contributed by atoms with van der Waals surface area (Å²) in [5.74, 6) is 0.215. The molecule has 0 bridgehead atoms. The zero-order valence-corrected chi connectivity index (χ0v) is 18.0. The highest BCUT2D eigenvalue weighted by Crippen LogP contribution is 2.35. The Hall–Kier alpha value is -3.06. The Kier molecular flexibility index (Phi) is 5.15. The van der Waals surface area contributed by atoms with Gasteiger partial charge in [0.25, 0.3) is 0 Å². The van der Waals surface area contributed by atoms with Gasteiger partial charge in [0.1, 0.15) is 11.8 Å². The van der Waals surface area contributed by atoms with Crippen LogP contribution in [0.1, 0.15) is 18.1 Å². The van der Waals surface area contributed by atoms with Gasteiger partial charge < -0.3 is 10.1 Å². The van der Waals surface area contributed by atoms with E-state index in [1.807, 2.05) is 24.3 Å². The predicted octanol–water partition coefficient (Wildman–Crippen LogP) is 3.74. The van der Waals surface area contributed by atoms with Crippen LogP contribution in [0.25, 0.3) is 10.8 Å². The van der Waals surface area contributed by atoms with E-state index in [4.69, 9.17) is 4.74 Å². The van der Waals surface area contributed by atoms with Crippen molar-refractivity contribution in [2.45, 2.75) is 25.8 Å². The smallest absolute Gasteiger partial charge is 0.248 e. The van der Waals surface area contributed by atoms with Gasteiger partial charge in [-0.1, -0.05) is 24.3 Å². The highest BCUT2D eigenvalue weighted by molar-refractivity contribution is 7.92. The lowest BCUT2D eigenvalue weighted by Crippen LogP contribution is -2.45. The minimum absolute atomic E-state index is 0.394. The first-order valence-electron chi connectivity index (χ1n) is 9.77. The minimum Gasteiger partial charge on any atom is -0.497 e. The van der Waals surface area contributed by atoms with Crippen molar-refractivity contribution in [3.05, 3.63) is 65.7 Å². The third kappa shape index (κ3) is 3.61. The first-order chi connectivity index (χ1) is 14.3. The molecule has 0 aromatic heterocycles. The van der Waals surface area contributed by atoms with Crippen molar-refractivity contribution in [1.29, 1.82) is 0 Å². The molecule has 1 aliphatic carbocycles. The molecule has 0 fully saturated rings. The van der Waals surface area contributed by atoms with Crippen LogP contribution in [0.3, 0.4) is 0 Å². The normalized spacial score (nSPS) is 13.8. The molecule has 0 saturated heterocycles. The Morgan fingerprint density at radius 3 is 2.33 bits per heavy atom. The van der Waals surface area contributed by atoms with Crippen molar-refractivity contribution in [2.75, 3.05) is 23.0 Å². The van der Waals surface area contributed by atoms with Crippen LogP contribution < -0.4 is 14.4 Å². The molecule has 3 aromatic carbocycles. The molecule has 1 atom stereocenters. The zero-order valence-electron chi connectivity index (χ0n) is 17.2. The van der Waals surface area contributed by atoms with Gasteiger partial charge in [-0.05, 0) is 66.6 Å². The maximum Gasteiger partial charge on any atom is 0.248 e. The molecule has 0 heterocycles. The van der Waals surface area contributed by atoms with Crippen LogP contribution >= 0.6 is 0 Å². The minimum atomic E-state index is -3.69. The first kappa shape index (κ1) is 20.2. The highest BCUT2D eigenvalue weighted by Gasteiger charge is 2.29. The Morgan fingerprint density at radius 2 is 1.70 bits per heavy atom. The summed E-state index contributed by atoms with van der Waals surface area (Å²) in [6, 6.07) is 15.7. The number of methoxy groups -OCH3 is 1. The highest BCUT2D eigenvalue weighted by atomic mass is 32.2. The number of nitrogens with one attached hydrogen (secondary N) is 1. The Labute approximate surface area is 176 Å². The molecule has 0 radical (unpaired) electrons. The molecule has 1 unspecified atom stereocenters. The van der Waals surface area contributed by atoms with Crippen molar-refractivity contribution >= 4 is 38.1 Å². The van der Waals surface area contributed by atoms with Crippen LogP contribution in [0.5, 0.6) is 5.75 Å². The number of amides is 1. The van der Waals surface area contributed by atoms with Crippen molar-refractivity contribution in [1.82, 2.24) is 0 Å². The Bertz CT molecular complexity index is 1210. The van der Waals surface area contributed by atoms with Gasteiger partial charge in [0.2, 0.25) is 15.9 Å².